The lowest BCUT2D eigenvalue weighted by Gasteiger charge is -2.49. The number of ether oxygens (including phenoxy) is 2. The van der Waals surface area contributed by atoms with Crippen LogP contribution in [0.2, 0.25) is 0 Å². The highest BCUT2D eigenvalue weighted by atomic mass is 16.7. The molecule has 0 saturated carbocycles. The van der Waals surface area contributed by atoms with Crippen LogP contribution in [-0.4, -0.2) is 19.5 Å². The van der Waals surface area contributed by atoms with E-state index in [0.29, 0.717) is 11.8 Å². The minimum absolute atomic E-state index is 0.142. The van der Waals surface area contributed by atoms with Gasteiger partial charge >= 0.3 is 0 Å². The van der Waals surface area contributed by atoms with Gasteiger partial charge in [-0.1, -0.05) is 31.6 Å². The molecule has 0 amide bonds. The quantitative estimate of drug-likeness (QED) is 0.648. The van der Waals surface area contributed by atoms with Gasteiger partial charge in [0.15, 0.2) is 6.29 Å². The van der Waals surface area contributed by atoms with Crippen molar-refractivity contribution < 1.29 is 9.47 Å². The van der Waals surface area contributed by atoms with E-state index in [-0.39, 0.29) is 11.7 Å². The lowest BCUT2D eigenvalue weighted by atomic mass is 9.63. The summed E-state index contributed by atoms with van der Waals surface area (Å²) in [6, 6.07) is 0. The Balaban J connectivity index is 2.11. The van der Waals surface area contributed by atoms with Gasteiger partial charge in [0.25, 0.3) is 0 Å². The summed E-state index contributed by atoms with van der Waals surface area (Å²) in [5.41, 5.74) is 1.68. The van der Waals surface area contributed by atoms with E-state index >= 15 is 0 Å². The average Bonchev–Trinajstić information content (AvgIpc) is 2.28. The standard InChI is InChI=1S/C15H24O2/c1-5-6-14-16-9-15(10-17-14)12(3)7-11(2)8-13(15)4/h5-7,12-14H,8-10H2,1-4H3/b6-5+. The SMILES string of the molecule is C/C=C/C1OCC2(CO1)C(C)C=C(C)CC2C. The van der Waals surface area contributed by atoms with Crippen molar-refractivity contribution in [3.05, 3.63) is 23.8 Å². The Morgan fingerprint density at radius 1 is 1.29 bits per heavy atom. The first-order valence-electron chi connectivity index (χ1n) is 6.62. The monoisotopic (exact) mass is 236 g/mol. The van der Waals surface area contributed by atoms with Crippen LogP contribution < -0.4 is 0 Å². The summed E-state index contributed by atoms with van der Waals surface area (Å²) < 4.78 is 11.7. The zero-order chi connectivity index (χ0) is 12.5. The van der Waals surface area contributed by atoms with E-state index in [9.17, 15) is 0 Å². The predicted octanol–water partition coefficient (Wildman–Crippen LogP) is 3.54. The second-order valence-corrected chi connectivity index (χ2v) is 5.66. The normalized spacial score (nSPS) is 43.1. The van der Waals surface area contributed by atoms with Crippen molar-refractivity contribution in [2.75, 3.05) is 13.2 Å². The third-order valence-electron chi connectivity index (χ3n) is 4.43. The summed E-state index contributed by atoms with van der Waals surface area (Å²) in [6.07, 6.45) is 7.39. The van der Waals surface area contributed by atoms with Gasteiger partial charge in [0.05, 0.1) is 13.2 Å². The Morgan fingerprint density at radius 2 is 1.94 bits per heavy atom. The number of allylic oxidation sites excluding steroid dienone is 3. The third-order valence-corrected chi connectivity index (χ3v) is 4.43. The van der Waals surface area contributed by atoms with Gasteiger partial charge in [-0.05, 0) is 38.2 Å². The van der Waals surface area contributed by atoms with Gasteiger partial charge in [-0.15, -0.1) is 0 Å². The van der Waals surface area contributed by atoms with Crippen molar-refractivity contribution >= 4 is 0 Å². The summed E-state index contributed by atoms with van der Waals surface area (Å²) in [7, 11) is 0. The molecule has 0 bridgehead atoms. The second kappa shape index (κ2) is 4.95. The Bertz CT molecular complexity index is 322. The Labute approximate surface area is 105 Å². The van der Waals surface area contributed by atoms with Gasteiger partial charge in [-0.3, -0.25) is 0 Å². The first-order valence-corrected chi connectivity index (χ1v) is 6.62. The molecule has 1 heterocycles. The first kappa shape index (κ1) is 12.8. The molecule has 0 N–H and O–H groups in total. The molecule has 2 heteroatoms. The molecule has 2 rings (SSSR count). The smallest absolute Gasteiger partial charge is 0.176 e. The summed E-state index contributed by atoms with van der Waals surface area (Å²) in [4.78, 5) is 0. The maximum Gasteiger partial charge on any atom is 0.176 e. The van der Waals surface area contributed by atoms with E-state index < -0.39 is 0 Å². The van der Waals surface area contributed by atoms with Crippen molar-refractivity contribution in [1.82, 2.24) is 0 Å². The molecule has 17 heavy (non-hydrogen) atoms. The van der Waals surface area contributed by atoms with E-state index in [0.717, 1.165) is 13.2 Å². The fourth-order valence-electron chi connectivity index (χ4n) is 3.18. The van der Waals surface area contributed by atoms with Gasteiger partial charge in [-0.2, -0.15) is 0 Å². The minimum atomic E-state index is -0.142. The molecule has 0 aromatic heterocycles. The van der Waals surface area contributed by atoms with Crippen molar-refractivity contribution in [2.24, 2.45) is 17.3 Å². The minimum Gasteiger partial charge on any atom is -0.348 e. The second-order valence-electron chi connectivity index (χ2n) is 5.66. The molecule has 96 valence electrons. The van der Waals surface area contributed by atoms with Crippen LogP contribution in [0.4, 0.5) is 0 Å². The van der Waals surface area contributed by atoms with E-state index in [2.05, 4.69) is 26.8 Å². The van der Waals surface area contributed by atoms with Crippen LogP contribution in [0.15, 0.2) is 23.8 Å². The average molecular weight is 236 g/mol. The first-order chi connectivity index (χ1) is 8.08. The highest BCUT2D eigenvalue weighted by Gasteiger charge is 2.46. The summed E-state index contributed by atoms with van der Waals surface area (Å²) >= 11 is 0. The molecule has 1 saturated heterocycles. The van der Waals surface area contributed by atoms with Crippen LogP contribution in [0.5, 0.6) is 0 Å². The lowest BCUT2D eigenvalue weighted by Crippen LogP contribution is -2.50. The molecule has 0 aromatic carbocycles. The van der Waals surface area contributed by atoms with Gasteiger partial charge in [0.1, 0.15) is 0 Å². The van der Waals surface area contributed by atoms with Crippen molar-refractivity contribution in [1.29, 1.82) is 0 Å². The van der Waals surface area contributed by atoms with E-state index in [4.69, 9.17) is 9.47 Å². The topological polar surface area (TPSA) is 18.5 Å². The summed E-state index contributed by atoms with van der Waals surface area (Å²) in [5.74, 6) is 1.17. The number of rotatable bonds is 1. The summed E-state index contributed by atoms with van der Waals surface area (Å²) in [6.45, 7) is 10.5. The predicted molar refractivity (Wildman–Crippen MR) is 69.6 cm³/mol. The molecule has 1 aliphatic carbocycles. The highest BCUT2D eigenvalue weighted by molar-refractivity contribution is 5.13. The molecule has 2 aliphatic rings. The highest BCUT2D eigenvalue weighted by Crippen LogP contribution is 2.46. The van der Waals surface area contributed by atoms with Gasteiger partial charge < -0.3 is 9.47 Å². The van der Waals surface area contributed by atoms with E-state index in [1.165, 1.54) is 12.0 Å². The molecule has 1 fully saturated rings. The van der Waals surface area contributed by atoms with Gasteiger partial charge in [0, 0.05) is 5.41 Å². The molecule has 1 aliphatic heterocycles. The zero-order valence-corrected chi connectivity index (χ0v) is 11.4. The molecule has 2 atom stereocenters. The van der Waals surface area contributed by atoms with Crippen LogP contribution in [0.1, 0.15) is 34.1 Å². The lowest BCUT2D eigenvalue weighted by molar-refractivity contribution is -0.229. The molecule has 2 nitrogen and oxygen atoms in total. The number of hydrogen-bond acceptors (Lipinski definition) is 2. The zero-order valence-electron chi connectivity index (χ0n) is 11.4. The Kier molecular flexibility index (Phi) is 3.74. The molecule has 1 spiro atoms. The van der Waals surface area contributed by atoms with E-state index in [1.807, 2.05) is 19.1 Å². The number of hydrogen-bond donors (Lipinski definition) is 0. The van der Waals surface area contributed by atoms with Crippen molar-refractivity contribution in [3.8, 4) is 0 Å². The molecule has 0 aromatic rings. The molecule has 0 radical (unpaired) electrons. The van der Waals surface area contributed by atoms with Crippen LogP contribution in [-0.2, 0) is 9.47 Å². The van der Waals surface area contributed by atoms with Gasteiger partial charge in [-0.25, -0.2) is 0 Å². The van der Waals surface area contributed by atoms with Gasteiger partial charge in [0.2, 0.25) is 0 Å². The molecular weight excluding hydrogens is 212 g/mol. The maximum atomic E-state index is 5.85. The molecule has 2 unspecified atom stereocenters. The maximum absolute atomic E-state index is 5.85. The van der Waals surface area contributed by atoms with E-state index in [1.54, 1.807) is 0 Å². The molecular formula is C15H24O2. The van der Waals surface area contributed by atoms with Crippen LogP contribution in [0.3, 0.4) is 0 Å². The largest absolute Gasteiger partial charge is 0.348 e. The third kappa shape index (κ3) is 2.34. The summed E-state index contributed by atoms with van der Waals surface area (Å²) in [5, 5.41) is 0. The van der Waals surface area contributed by atoms with Crippen molar-refractivity contribution in [2.45, 2.75) is 40.4 Å². The Hall–Kier alpha value is -0.600. The van der Waals surface area contributed by atoms with Crippen LogP contribution in [0, 0.1) is 17.3 Å². The fourth-order valence-corrected chi connectivity index (χ4v) is 3.18. The van der Waals surface area contributed by atoms with Crippen LogP contribution >= 0.6 is 0 Å². The fraction of sp³-hybridized carbons (Fsp3) is 0.733. The Morgan fingerprint density at radius 3 is 2.47 bits per heavy atom. The van der Waals surface area contributed by atoms with Crippen LogP contribution in [0.25, 0.3) is 0 Å². The van der Waals surface area contributed by atoms with Crippen molar-refractivity contribution in [3.63, 3.8) is 0 Å².